The molecule has 0 radical (unpaired) electrons. The van der Waals surface area contributed by atoms with E-state index in [-0.39, 0.29) is 17.5 Å². The maximum absolute atomic E-state index is 13.6. The Morgan fingerprint density at radius 2 is 1.61 bits per heavy atom. The Morgan fingerprint density at radius 1 is 0.839 bits per heavy atom. The number of rotatable bonds is 5. The van der Waals surface area contributed by atoms with Crippen molar-refractivity contribution in [2.45, 2.75) is 0 Å². The van der Waals surface area contributed by atoms with Gasteiger partial charge in [0, 0.05) is 16.0 Å². The second kappa shape index (κ2) is 7.74. The molecule has 1 aliphatic heterocycles. The van der Waals surface area contributed by atoms with Gasteiger partial charge in [0.2, 0.25) is 0 Å². The third kappa shape index (κ3) is 3.27. The SMILES string of the molecule is COc1ccc(NC2=C(c3cccs3)C(=O)N(c3cccc4ccccc34)C2=O)cc1. The van der Waals surface area contributed by atoms with Crippen LogP contribution < -0.4 is 15.0 Å². The molecule has 5 nitrogen and oxygen atoms in total. The molecule has 0 aliphatic carbocycles. The average molecular weight is 426 g/mol. The Hall–Kier alpha value is -3.90. The Balaban J connectivity index is 1.61. The van der Waals surface area contributed by atoms with E-state index in [9.17, 15) is 9.59 Å². The summed E-state index contributed by atoms with van der Waals surface area (Å²) >= 11 is 1.43. The number of imide groups is 1. The van der Waals surface area contributed by atoms with Crippen LogP contribution in [0.4, 0.5) is 11.4 Å². The number of carbonyl (C=O) groups excluding carboxylic acids is 2. The van der Waals surface area contributed by atoms with Crippen molar-refractivity contribution in [3.05, 3.63) is 94.8 Å². The van der Waals surface area contributed by atoms with Gasteiger partial charge in [-0.2, -0.15) is 0 Å². The maximum Gasteiger partial charge on any atom is 0.282 e. The van der Waals surface area contributed by atoms with E-state index >= 15 is 0 Å². The first kappa shape index (κ1) is 19.1. The third-order valence-electron chi connectivity index (χ3n) is 5.22. The zero-order chi connectivity index (χ0) is 21.4. The molecule has 1 aromatic heterocycles. The van der Waals surface area contributed by atoms with Crippen LogP contribution in [-0.4, -0.2) is 18.9 Å². The molecule has 0 atom stereocenters. The fourth-order valence-electron chi connectivity index (χ4n) is 3.74. The smallest absolute Gasteiger partial charge is 0.282 e. The topological polar surface area (TPSA) is 58.6 Å². The summed E-state index contributed by atoms with van der Waals surface area (Å²) in [5.41, 5.74) is 1.92. The van der Waals surface area contributed by atoms with Crippen LogP contribution in [0.1, 0.15) is 4.88 Å². The minimum Gasteiger partial charge on any atom is -0.497 e. The van der Waals surface area contributed by atoms with Crippen LogP contribution in [0.2, 0.25) is 0 Å². The third-order valence-corrected chi connectivity index (χ3v) is 6.11. The lowest BCUT2D eigenvalue weighted by Crippen LogP contribution is -2.32. The molecule has 5 rings (SSSR count). The number of anilines is 2. The van der Waals surface area contributed by atoms with Gasteiger partial charge in [-0.05, 0) is 47.2 Å². The number of hydrogen-bond acceptors (Lipinski definition) is 5. The summed E-state index contributed by atoms with van der Waals surface area (Å²) in [6.45, 7) is 0. The van der Waals surface area contributed by atoms with E-state index in [1.165, 1.54) is 16.2 Å². The van der Waals surface area contributed by atoms with Crippen LogP contribution in [0.3, 0.4) is 0 Å². The van der Waals surface area contributed by atoms with Gasteiger partial charge in [-0.3, -0.25) is 9.59 Å². The minimum atomic E-state index is -0.374. The molecule has 0 saturated carbocycles. The van der Waals surface area contributed by atoms with E-state index in [0.717, 1.165) is 15.6 Å². The van der Waals surface area contributed by atoms with E-state index in [2.05, 4.69) is 5.32 Å². The number of methoxy groups -OCH3 is 1. The van der Waals surface area contributed by atoms with Crippen molar-refractivity contribution in [1.82, 2.24) is 0 Å². The van der Waals surface area contributed by atoms with Gasteiger partial charge in [0.15, 0.2) is 0 Å². The molecule has 0 fully saturated rings. The highest BCUT2D eigenvalue weighted by molar-refractivity contribution is 7.11. The van der Waals surface area contributed by atoms with Gasteiger partial charge in [0.05, 0.1) is 18.4 Å². The lowest BCUT2D eigenvalue weighted by Gasteiger charge is -2.17. The molecule has 0 saturated heterocycles. The predicted molar refractivity (Wildman–Crippen MR) is 124 cm³/mol. The van der Waals surface area contributed by atoms with Crippen LogP contribution >= 0.6 is 11.3 Å². The molecule has 0 spiro atoms. The van der Waals surface area contributed by atoms with Crippen LogP contribution in [0.25, 0.3) is 16.3 Å². The number of ether oxygens (including phenoxy) is 1. The fourth-order valence-corrected chi connectivity index (χ4v) is 4.50. The Labute approximate surface area is 183 Å². The second-order valence-corrected chi connectivity index (χ2v) is 7.97. The highest BCUT2D eigenvalue weighted by atomic mass is 32.1. The molecular formula is C25H18N2O3S. The van der Waals surface area contributed by atoms with E-state index in [1.807, 2.05) is 66.0 Å². The highest BCUT2D eigenvalue weighted by Crippen LogP contribution is 2.38. The summed E-state index contributed by atoms with van der Waals surface area (Å²) in [5, 5.41) is 6.89. The molecule has 1 N–H and O–H groups in total. The van der Waals surface area contributed by atoms with Crippen molar-refractivity contribution in [1.29, 1.82) is 0 Å². The molecular weight excluding hydrogens is 408 g/mol. The molecule has 0 unspecified atom stereocenters. The standard InChI is InChI=1S/C25H18N2O3S/c1-30-18-13-11-17(12-14-18)26-23-22(21-10-5-15-31-21)24(28)27(25(23)29)20-9-4-7-16-6-2-3-8-19(16)20/h2-15,26H,1H3. The zero-order valence-electron chi connectivity index (χ0n) is 16.7. The zero-order valence-corrected chi connectivity index (χ0v) is 17.5. The van der Waals surface area contributed by atoms with Crippen LogP contribution in [0.5, 0.6) is 5.75 Å². The monoisotopic (exact) mass is 426 g/mol. The summed E-state index contributed by atoms with van der Waals surface area (Å²) in [5.74, 6) is 0.00426. The molecule has 1 aliphatic rings. The van der Waals surface area contributed by atoms with Crippen LogP contribution in [0.15, 0.2) is 89.9 Å². The van der Waals surface area contributed by atoms with Gasteiger partial charge in [-0.15, -0.1) is 11.3 Å². The first-order valence-electron chi connectivity index (χ1n) is 9.73. The molecule has 2 amide bonds. The lowest BCUT2D eigenvalue weighted by molar-refractivity contribution is -0.120. The van der Waals surface area contributed by atoms with Gasteiger partial charge in [-0.1, -0.05) is 42.5 Å². The van der Waals surface area contributed by atoms with Crippen molar-refractivity contribution in [2.24, 2.45) is 0 Å². The second-order valence-electron chi connectivity index (χ2n) is 7.02. The van der Waals surface area contributed by atoms with Crippen LogP contribution in [-0.2, 0) is 9.59 Å². The Bertz CT molecular complexity index is 1320. The molecule has 2 heterocycles. The van der Waals surface area contributed by atoms with Gasteiger partial charge in [0.1, 0.15) is 11.4 Å². The first-order chi connectivity index (χ1) is 15.2. The number of benzene rings is 3. The Morgan fingerprint density at radius 3 is 2.35 bits per heavy atom. The summed E-state index contributed by atoms with van der Waals surface area (Å²) in [6, 6.07) is 24.3. The van der Waals surface area contributed by atoms with Crippen molar-refractivity contribution in [2.75, 3.05) is 17.3 Å². The maximum atomic E-state index is 13.6. The van der Waals surface area contributed by atoms with Gasteiger partial charge in [-0.25, -0.2) is 4.90 Å². The average Bonchev–Trinajstić information content (AvgIpc) is 3.41. The van der Waals surface area contributed by atoms with E-state index < -0.39 is 0 Å². The van der Waals surface area contributed by atoms with E-state index in [4.69, 9.17) is 4.74 Å². The van der Waals surface area contributed by atoms with Crippen molar-refractivity contribution >= 4 is 50.9 Å². The van der Waals surface area contributed by atoms with E-state index in [0.29, 0.717) is 22.7 Å². The molecule has 152 valence electrons. The number of carbonyl (C=O) groups is 2. The predicted octanol–water partition coefficient (Wildman–Crippen LogP) is 5.31. The first-order valence-corrected chi connectivity index (χ1v) is 10.6. The Kier molecular flexibility index (Phi) is 4.76. The summed E-state index contributed by atoms with van der Waals surface area (Å²) in [4.78, 5) is 29.1. The number of hydrogen-bond donors (Lipinski definition) is 1. The molecule has 0 bridgehead atoms. The normalized spacial score (nSPS) is 13.9. The summed E-state index contributed by atoms with van der Waals surface area (Å²) in [7, 11) is 1.60. The molecule has 4 aromatic rings. The number of amides is 2. The lowest BCUT2D eigenvalue weighted by atomic mass is 10.1. The number of nitrogens with zero attached hydrogens (tertiary/aromatic N) is 1. The van der Waals surface area contributed by atoms with Gasteiger partial charge >= 0.3 is 0 Å². The fraction of sp³-hybridized carbons (Fsp3) is 0.0400. The molecule has 31 heavy (non-hydrogen) atoms. The van der Waals surface area contributed by atoms with Crippen molar-refractivity contribution in [3.8, 4) is 5.75 Å². The van der Waals surface area contributed by atoms with Crippen molar-refractivity contribution < 1.29 is 14.3 Å². The molecule has 3 aromatic carbocycles. The number of nitrogens with one attached hydrogen (secondary N) is 1. The highest BCUT2D eigenvalue weighted by Gasteiger charge is 2.41. The summed E-state index contributed by atoms with van der Waals surface area (Å²) in [6.07, 6.45) is 0. The van der Waals surface area contributed by atoms with Gasteiger partial charge in [0.25, 0.3) is 11.8 Å². The van der Waals surface area contributed by atoms with Gasteiger partial charge < -0.3 is 10.1 Å². The van der Waals surface area contributed by atoms with Crippen molar-refractivity contribution in [3.63, 3.8) is 0 Å². The number of fused-ring (bicyclic) bond motifs is 1. The number of thiophene rings is 1. The largest absolute Gasteiger partial charge is 0.497 e. The van der Waals surface area contributed by atoms with E-state index in [1.54, 1.807) is 25.3 Å². The molecule has 6 heteroatoms. The minimum absolute atomic E-state index is 0.269. The quantitative estimate of drug-likeness (QED) is 0.440. The van der Waals surface area contributed by atoms with Crippen LogP contribution in [0, 0.1) is 0 Å². The summed E-state index contributed by atoms with van der Waals surface area (Å²) < 4.78 is 5.21.